The molecule has 1 atom stereocenters. The molecule has 0 spiro atoms. The number of rotatable bonds is 5. The molecule has 0 bridgehead atoms. The Balaban J connectivity index is 1.60. The highest BCUT2D eigenvalue weighted by atomic mass is 35.5. The van der Waals surface area contributed by atoms with Crippen molar-refractivity contribution in [1.29, 1.82) is 0 Å². The van der Waals surface area contributed by atoms with Gasteiger partial charge in [0.05, 0.1) is 19.8 Å². The van der Waals surface area contributed by atoms with Gasteiger partial charge in [-0.25, -0.2) is 0 Å². The van der Waals surface area contributed by atoms with Crippen LogP contribution in [0.2, 0.25) is 10.0 Å². The summed E-state index contributed by atoms with van der Waals surface area (Å²) >= 11 is 12.1. The predicted octanol–water partition coefficient (Wildman–Crippen LogP) is 3.19. The molecule has 0 aliphatic carbocycles. The fourth-order valence-corrected chi connectivity index (χ4v) is 2.81. The summed E-state index contributed by atoms with van der Waals surface area (Å²) in [7, 11) is 1.10. The smallest absolute Gasteiger partial charge is 0.493 e. The normalized spacial score (nSPS) is 17.3. The van der Waals surface area contributed by atoms with Crippen LogP contribution in [0.1, 0.15) is 0 Å². The Hall–Kier alpha value is -1.40. The molecule has 0 radical (unpaired) electrons. The van der Waals surface area contributed by atoms with Gasteiger partial charge in [0.15, 0.2) is 11.5 Å². The number of halogens is 2. The maximum absolute atomic E-state index is 6.18. The first-order valence-electron chi connectivity index (χ1n) is 7.15. The fourth-order valence-electron chi connectivity index (χ4n) is 2.31. The van der Waals surface area contributed by atoms with E-state index in [0.29, 0.717) is 34.8 Å². The van der Waals surface area contributed by atoms with Gasteiger partial charge in [0.1, 0.15) is 6.61 Å². The largest absolute Gasteiger partial charge is 0.495 e. The zero-order valence-electron chi connectivity index (χ0n) is 12.5. The van der Waals surface area contributed by atoms with Crippen molar-refractivity contribution in [3.8, 4) is 11.5 Å². The Morgan fingerprint density at radius 2 is 1.96 bits per heavy atom. The molecule has 1 aliphatic rings. The van der Waals surface area contributed by atoms with Crippen molar-refractivity contribution in [3.05, 3.63) is 52.5 Å². The van der Waals surface area contributed by atoms with Crippen LogP contribution in [0.3, 0.4) is 0 Å². The van der Waals surface area contributed by atoms with Gasteiger partial charge in [0, 0.05) is 15.5 Å². The topological polar surface area (TPSA) is 36.9 Å². The monoisotopic (exact) mass is 352 g/mol. The molecular formula is C16H15BCl2O4. The van der Waals surface area contributed by atoms with E-state index in [9.17, 15) is 0 Å². The molecule has 4 nitrogen and oxygen atoms in total. The van der Waals surface area contributed by atoms with Crippen molar-refractivity contribution in [2.75, 3.05) is 20.3 Å². The van der Waals surface area contributed by atoms with Crippen LogP contribution < -0.4 is 14.9 Å². The molecule has 2 aromatic rings. The van der Waals surface area contributed by atoms with E-state index in [-0.39, 0.29) is 6.10 Å². The molecule has 1 unspecified atom stereocenters. The zero-order chi connectivity index (χ0) is 16.2. The number of hydrogen-bond acceptors (Lipinski definition) is 4. The van der Waals surface area contributed by atoms with E-state index in [4.69, 9.17) is 42.0 Å². The second-order valence-electron chi connectivity index (χ2n) is 5.05. The number of methoxy groups -OCH3 is 1. The SMILES string of the molecule is COc1ccccc1OCC1COB(c2ccc(Cl)cc2Cl)O1. The summed E-state index contributed by atoms with van der Waals surface area (Å²) in [6, 6.07) is 12.7. The van der Waals surface area contributed by atoms with E-state index in [0.717, 1.165) is 5.46 Å². The number of benzene rings is 2. The summed E-state index contributed by atoms with van der Waals surface area (Å²) in [6.07, 6.45) is -0.184. The average Bonchev–Trinajstić information content (AvgIpc) is 3.02. The Kier molecular flexibility index (Phi) is 5.33. The minimum absolute atomic E-state index is 0.184. The third-order valence-corrected chi connectivity index (χ3v) is 4.02. The predicted molar refractivity (Wildman–Crippen MR) is 91.2 cm³/mol. The van der Waals surface area contributed by atoms with Crippen molar-refractivity contribution >= 4 is 35.8 Å². The molecule has 0 saturated carbocycles. The summed E-state index contributed by atoms with van der Waals surface area (Å²) in [4.78, 5) is 0. The van der Waals surface area contributed by atoms with Crippen molar-refractivity contribution in [1.82, 2.24) is 0 Å². The van der Waals surface area contributed by atoms with Crippen LogP contribution in [-0.4, -0.2) is 33.5 Å². The van der Waals surface area contributed by atoms with E-state index >= 15 is 0 Å². The molecule has 1 saturated heterocycles. The van der Waals surface area contributed by atoms with Crippen LogP contribution >= 0.6 is 23.2 Å². The first kappa shape index (κ1) is 16.5. The Morgan fingerprint density at radius 3 is 2.70 bits per heavy atom. The number of para-hydroxylation sites is 2. The minimum Gasteiger partial charge on any atom is -0.493 e. The minimum atomic E-state index is -0.508. The molecular weight excluding hydrogens is 338 g/mol. The van der Waals surface area contributed by atoms with Crippen LogP contribution in [0.5, 0.6) is 11.5 Å². The molecule has 23 heavy (non-hydrogen) atoms. The molecule has 0 aromatic heterocycles. The zero-order valence-corrected chi connectivity index (χ0v) is 14.0. The third-order valence-electron chi connectivity index (χ3n) is 3.46. The quantitative estimate of drug-likeness (QED) is 0.774. The van der Waals surface area contributed by atoms with Gasteiger partial charge in [-0.15, -0.1) is 0 Å². The number of hydrogen-bond donors (Lipinski definition) is 0. The second kappa shape index (κ2) is 7.45. The molecule has 1 heterocycles. The highest BCUT2D eigenvalue weighted by Gasteiger charge is 2.35. The standard InChI is InChI=1S/C16H15BCl2O4/c1-20-15-4-2-3-5-16(15)21-9-12-10-22-17(23-12)13-7-6-11(18)8-14(13)19/h2-8,12H,9-10H2,1H3. The van der Waals surface area contributed by atoms with Gasteiger partial charge in [0.25, 0.3) is 0 Å². The summed E-state index contributed by atoms with van der Waals surface area (Å²) in [5, 5.41) is 1.10. The average molecular weight is 353 g/mol. The van der Waals surface area contributed by atoms with Crippen molar-refractivity contribution < 1.29 is 18.8 Å². The maximum atomic E-state index is 6.18. The van der Waals surface area contributed by atoms with Gasteiger partial charge in [-0.1, -0.05) is 41.4 Å². The van der Waals surface area contributed by atoms with Crippen LogP contribution in [-0.2, 0) is 9.31 Å². The van der Waals surface area contributed by atoms with E-state index < -0.39 is 7.12 Å². The first-order chi connectivity index (χ1) is 11.2. The molecule has 3 rings (SSSR count). The molecule has 2 aromatic carbocycles. The van der Waals surface area contributed by atoms with Crippen LogP contribution in [0.15, 0.2) is 42.5 Å². The van der Waals surface area contributed by atoms with Gasteiger partial charge in [-0.3, -0.25) is 0 Å². The van der Waals surface area contributed by atoms with Crippen molar-refractivity contribution in [3.63, 3.8) is 0 Å². The van der Waals surface area contributed by atoms with Crippen LogP contribution in [0.4, 0.5) is 0 Å². The molecule has 7 heteroatoms. The molecule has 1 fully saturated rings. The summed E-state index contributed by atoms with van der Waals surface area (Å²) < 4.78 is 22.5. The Labute approximate surface area is 145 Å². The van der Waals surface area contributed by atoms with Crippen molar-refractivity contribution in [2.45, 2.75) is 6.10 Å². The van der Waals surface area contributed by atoms with Gasteiger partial charge < -0.3 is 18.8 Å². The Bertz CT molecular complexity index is 683. The molecule has 1 aliphatic heterocycles. The van der Waals surface area contributed by atoms with Gasteiger partial charge in [0.2, 0.25) is 0 Å². The third kappa shape index (κ3) is 3.93. The van der Waals surface area contributed by atoms with Gasteiger partial charge in [-0.2, -0.15) is 0 Å². The maximum Gasteiger partial charge on any atom is 0.495 e. The summed E-state index contributed by atoms with van der Waals surface area (Å²) in [5.74, 6) is 1.36. The van der Waals surface area contributed by atoms with Gasteiger partial charge >= 0.3 is 7.12 Å². The lowest BCUT2D eigenvalue weighted by molar-refractivity contribution is 0.145. The lowest BCUT2D eigenvalue weighted by Gasteiger charge is -2.14. The molecule has 0 N–H and O–H groups in total. The highest BCUT2D eigenvalue weighted by molar-refractivity contribution is 6.65. The highest BCUT2D eigenvalue weighted by Crippen LogP contribution is 2.26. The number of ether oxygens (including phenoxy) is 2. The first-order valence-corrected chi connectivity index (χ1v) is 7.91. The summed E-state index contributed by atoms with van der Waals surface area (Å²) in [6.45, 7) is 0.793. The van der Waals surface area contributed by atoms with Crippen molar-refractivity contribution in [2.24, 2.45) is 0 Å². The van der Waals surface area contributed by atoms with E-state index in [1.54, 1.807) is 25.3 Å². The molecule has 0 amide bonds. The lowest BCUT2D eigenvalue weighted by atomic mass is 9.79. The summed E-state index contributed by atoms with van der Waals surface area (Å²) in [5.41, 5.74) is 0.760. The second-order valence-corrected chi connectivity index (χ2v) is 5.89. The van der Waals surface area contributed by atoms with Crippen LogP contribution in [0, 0.1) is 0 Å². The molecule has 120 valence electrons. The van der Waals surface area contributed by atoms with Gasteiger partial charge in [-0.05, 0) is 24.3 Å². The fraction of sp³-hybridized carbons (Fsp3) is 0.250. The Morgan fingerprint density at radius 1 is 1.17 bits per heavy atom. The lowest BCUT2D eigenvalue weighted by Crippen LogP contribution is -2.34. The van der Waals surface area contributed by atoms with E-state index in [1.807, 2.05) is 24.3 Å². The van der Waals surface area contributed by atoms with E-state index in [2.05, 4.69) is 0 Å². The van der Waals surface area contributed by atoms with Crippen LogP contribution in [0.25, 0.3) is 0 Å². The van der Waals surface area contributed by atoms with E-state index in [1.165, 1.54) is 0 Å².